The molecule has 8 nitrogen and oxygen atoms in total. The van der Waals surface area contributed by atoms with Gasteiger partial charge in [-0.1, -0.05) is 0 Å². The molecule has 0 aliphatic carbocycles. The summed E-state index contributed by atoms with van der Waals surface area (Å²) in [5, 5.41) is 14.0. The summed E-state index contributed by atoms with van der Waals surface area (Å²) in [6, 6.07) is 11.8. The first-order chi connectivity index (χ1) is 12.4. The number of carbonyl (C=O) groups excluding carboxylic acids is 1. The molecule has 0 aliphatic heterocycles. The minimum absolute atomic E-state index is 0.0628. The number of aryl methyl sites for hydroxylation is 1. The van der Waals surface area contributed by atoms with Crippen LogP contribution in [0.1, 0.15) is 5.56 Å². The van der Waals surface area contributed by atoms with Gasteiger partial charge >= 0.3 is 5.63 Å². The van der Waals surface area contributed by atoms with Gasteiger partial charge in [-0.3, -0.25) is 14.9 Å². The fourth-order valence-corrected chi connectivity index (χ4v) is 2.41. The smallest absolute Gasteiger partial charge is 0.336 e. The van der Waals surface area contributed by atoms with Crippen LogP contribution in [-0.4, -0.2) is 17.4 Å². The molecule has 0 unspecified atom stereocenters. The zero-order valence-electron chi connectivity index (χ0n) is 13.7. The fraction of sp³-hybridized carbons (Fsp3) is 0.111. The first-order valence-corrected chi connectivity index (χ1v) is 7.64. The lowest BCUT2D eigenvalue weighted by Gasteiger charge is -2.08. The normalized spacial score (nSPS) is 10.5. The van der Waals surface area contributed by atoms with Crippen molar-refractivity contribution in [2.45, 2.75) is 6.92 Å². The third kappa shape index (κ3) is 3.86. The van der Waals surface area contributed by atoms with Crippen LogP contribution in [0.3, 0.4) is 0 Å². The van der Waals surface area contributed by atoms with E-state index in [0.717, 1.165) is 10.9 Å². The highest BCUT2D eigenvalue weighted by atomic mass is 16.6. The molecule has 0 spiro atoms. The first-order valence-electron chi connectivity index (χ1n) is 7.64. The number of nitrogens with zero attached hydrogens (tertiary/aromatic N) is 1. The van der Waals surface area contributed by atoms with Gasteiger partial charge in [0.1, 0.15) is 11.3 Å². The van der Waals surface area contributed by atoms with Gasteiger partial charge in [0.2, 0.25) is 0 Å². The molecule has 0 saturated carbocycles. The molecule has 0 saturated heterocycles. The minimum Gasteiger partial charge on any atom is -0.484 e. The molecule has 0 radical (unpaired) electrons. The number of benzene rings is 2. The van der Waals surface area contributed by atoms with Crippen molar-refractivity contribution in [1.82, 2.24) is 0 Å². The highest BCUT2D eigenvalue weighted by molar-refractivity contribution is 5.92. The van der Waals surface area contributed by atoms with E-state index >= 15 is 0 Å². The Bertz CT molecular complexity index is 1040. The van der Waals surface area contributed by atoms with Gasteiger partial charge in [-0.15, -0.1) is 0 Å². The third-order valence-electron chi connectivity index (χ3n) is 3.65. The molecule has 2 aromatic carbocycles. The summed E-state index contributed by atoms with van der Waals surface area (Å²) >= 11 is 0. The molecule has 0 aliphatic rings. The Morgan fingerprint density at radius 2 is 1.92 bits per heavy atom. The lowest BCUT2D eigenvalue weighted by molar-refractivity contribution is -0.384. The monoisotopic (exact) mass is 354 g/mol. The molecule has 3 aromatic rings. The van der Waals surface area contributed by atoms with Gasteiger partial charge in [-0.05, 0) is 36.8 Å². The zero-order valence-corrected chi connectivity index (χ0v) is 13.7. The second-order valence-corrected chi connectivity index (χ2v) is 5.55. The van der Waals surface area contributed by atoms with E-state index in [2.05, 4.69) is 5.32 Å². The van der Waals surface area contributed by atoms with Crippen LogP contribution in [0.25, 0.3) is 11.0 Å². The number of hydrogen-bond acceptors (Lipinski definition) is 6. The number of anilines is 1. The number of amides is 1. The second-order valence-electron chi connectivity index (χ2n) is 5.55. The average molecular weight is 354 g/mol. The summed E-state index contributed by atoms with van der Waals surface area (Å²) < 4.78 is 10.5. The van der Waals surface area contributed by atoms with Gasteiger partial charge in [0, 0.05) is 35.3 Å². The summed E-state index contributed by atoms with van der Waals surface area (Å²) in [4.78, 5) is 33.5. The predicted molar refractivity (Wildman–Crippen MR) is 94.4 cm³/mol. The van der Waals surface area contributed by atoms with Crippen molar-refractivity contribution in [3.63, 3.8) is 0 Å². The van der Waals surface area contributed by atoms with Crippen LogP contribution in [0.5, 0.6) is 5.75 Å². The van der Waals surface area contributed by atoms with Gasteiger partial charge in [0.05, 0.1) is 4.92 Å². The Morgan fingerprint density at radius 3 is 2.62 bits per heavy atom. The van der Waals surface area contributed by atoms with Gasteiger partial charge in [0.15, 0.2) is 6.61 Å². The second kappa shape index (κ2) is 7.06. The number of carbonyl (C=O) groups is 1. The molecule has 0 fully saturated rings. The Hall–Kier alpha value is -3.68. The number of nitro groups is 1. The average Bonchev–Trinajstić information content (AvgIpc) is 2.60. The number of fused-ring (bicyclic) bond motifs is 1. The SMILES string of the molecule is Cc1cc(=O)oc2cc(OCC(=O)Nc3ccc([N+](=O)[O-])cc3)ccc12. The summed E-state index contributed by atoms with van der Waals surface area (Å²) in [7, 11) is 0. The van der Waals surface area contributed by atoms with Crippen molar-refractivity contribution < 1.29 is 18.9 Å². The predicted octanol–water partition coefficient (Wildman–Crippen LogP) is 3.03. The Labute approximate surface area is 147 Å². The standard InChI is InChI=1S/C18H14N2O6/c1-11-8-18(22)26-16-9-14(6-7-15(11)16)25-10-17(21)19-12-2-4-13(5-3-12)20(23)24/h2-9H,10H2,1H3,(H,19,21). The lowest BCUT2D eigenvalue weighted by atomic mass is 10.1. The van der Waals surface area contributed by atoms with Crippen LogP contribution >= 0.6 is 0 Å². The van der Waals surface area contributed by atoms with Gasteiger partial charge in [-0.25, -0.2) is 4.79 Å². The van der Waals surface area contributed by atoms with Crippen molar-refractivity contribution in [1.29, 1.82) is 0 Å². The molecule has 132 valence electrons. The molecule has 0 atom stereocenters. The Morgan fingerprint density at radius 1 is 1.19 bits per heavy atom. The van der Waals surface area contributed by atoms with E-state index in [1.165, 1.54) is 30.3 Å². The van der Waals surface area contributed by atoms with Crippen LogP contribution in [0.15, 0.2) is 57.7 Å². The molecular formula is C18H14N2O6. The topological polar surface area (TPSA) is 112 Å². The molecule has 0 bridgehead atoms. The van der Waals surface area contributed by atoms with E-state index in [1.54, 1.807) is 25.1 Å². The van der Waals surface area contributed by atoms with E-state index in [9.17, 15) is 19.7 Å². The maximum absolute atomic E-state index is 11.9. The van der Waals surface area contributed by atoms with E-state index in [-0.39, 0.29) is 12.3 Å². The van der Waals surface area contributed by atoms with Crippen LogP contribution in [-0.2, 0) is 4.79 Å². The van der Waals surface area contributed by atoms with Gasteiger partial charge in [-0.2, -0.15) is 0 Å². The van der Waals surface area contributed by atoms with E-state index in [4.69, 9.17) is 9.15 Å². The van der Waals surface area contributed by atoms with Crippen LogP contribution in [0, 0.1) is 17.0 Å². The molecule has 1 heterocycles. The summed E-state index contributed by atoms with van der Waals surface area (Å²) in [6.07, 6.45) is 0. The maximum atomic E-state index is 11.9. The fourth-order valence-electron chi connectivity index (χ4n) is 2.41. The van der Waals surface area contributed by atoms with Crippen LogP contribution in [0.2, 0.25) is 0 Å². The van der Waals surface area contributed by atoms with Crippen molar-refractivity contribution in [3.8, 4) is 5.75 Å². The quantitative estimate of drug-likeness (QED) is 0.428. The molecule has 1 aromatic heterocycles. The highest BCUT2D eigenvalue weighted by Gasteiger charge is 2.08. The van der Waals surface area contributed by atoms with Crippen LogP contribution < -0.4 is 15.7 Å². The molecule has 26 heavy (non-hydrogen) atoms. The van der Waals surface area contributed by atoms with E-state index in [0.29, 0.717) is 17.0 Å². The van der Waals surface area contributed by atoms with Gasteiger partial charge < -0.3 is 14.5 Å². The molecule has 1 amide bonds. The van der Waals surface area contributed by atoms with E-state index in [1.807, 2.05) is 0 Å². The van der Waals surface area contributed by atoms with Gasteiger partial charge in [0.25, 0.3) is 11.6 Å². The molecule has 1 N–H and O–H groups in total. The summed E-state index contributed by atoms with van der Waals surface area (Å²) in [5.74, 6) is -0.0465. The number of rotatable bonds is 5. The summed E-state index contributed by atoms with van der Waals surface area (Å²) in [5.41, 5.74) is 1.07. The largest absolute Gasteiger partial charge is 0.484 e. The first kappa shape index (κ1) is 17.2. The highest BCUT2D eigenvalue weighted by Crippen LogP contribution is 2.22. The number of nitrogens with one attached hydrogen (secondary N) is 1. The number of ether oxygens (including phenoxy) is 1. The Kier molecular flexibility index (Phi) is 4.66. The van der Waals surface area contributed by atoms with Crippen LogP contribution in [0.4, 0.5) is 11.4 Å². The maximum Gasteiger partial charge on any atom is 0.336 e. The number of hydrogen-bond donors (Lipinski definition) is 1. The van der Waals surface area contributed by atoms with Crippen molar-refractivity contribution in [3.05, 3.63) is 74.6 Å². The summed E-state index contributed by atoms with van der Waals surface area (Å²) in [6.45, 7) is 1.54. The number of nitro benzene ring substituents is 1. The third-order valence-corrected chi connectivity index (χ3v) is 3.65. The number of non-ortho nitro benzene ring substituents is 1. The van der Waals surface area contributed by atoms with Crippen molar-refractivity contribution in [2.24, 2.45) is 0 Å². The minimum atomic E-state index is -0.519. The van der Waals surface area contributed by atoms with Crippen molar-refractivity contribution >= 4 is 28.3 Å². The zero-order chi connectivity index (χ0) is 18.7. The lowest BCUT2D eigenvalue weighted by Crippen LogP contribution is -2.20. The van der Waals surface area contributed by atoms with E-state index < -0.39 is 16.5 Å². The molecular weight excluding hydrogens is 340 g/mol. The van der Waals surface area contributed by atoms with Crippen molar-refractivity contribution in [2.75, 3.05) is 11.9 Å². The molecule has 8 heteroatoms. The molecule has 3 rings (SSSR count). The Balaban J connectivity index is 1.64.